The molecule has 1 aliphatic heterocycles. The van der Waals surface area contributed by atoms with Crippen LogP contribution in [0.15, 0.2) is 48.5 Å². The van der Waals surface area contributed by atoms with E-state index in [1.54, 1.807) is 24.3 Å². The Hall–Kier alpha value is -3.15. The molecule has 0 aromatic heterocycles. The van der Waals surface area contributed by atoms with Crippen molar-refractivity contribution in [2.75, 3.05) is 13.2 Å². The van der Waals surface area contributed by atoms with E-state index in [4.69, 9.17) is 9.47 Å². The number of fused-ring (bicyclic) bond motifs is 1. The Labute approximate surface area is 151 Å². The van der Waals surface area contributed by atoms with E-state index in [-0.39, 0.29) is 13.2 Å². The summed E-state index contributed by atoms with van der Waals surface area (Å²) in [5, 5.41) is 0. The molecule has 1 heterocycles. The van der Waals surface area contributed by atoms with Crippen molar-refractivity contribution in [3.8, 4) is 5.75 Å². The first-order valence-corrected chi connectivity index (χ1v) is 8.32. The summed E-state index contributed by atoms with van der Waals surface area (Å²) < 4.78 is 10.7. The first-order valence-electron chi connectivity index (χ1n) is 8.32. The van der Waals surface area contributed by atoms with E-state index in [1.807, 2.05) is 31.2 Å². The first kappa shape index (κ1) is 17.7. The molecule has 0 spiro atoms. The maximum absolute atomic E-state index is 12.4. The highest BCUT2D eigenvalue weighted by molar-refractivity contribution is 6.22. The van der Waals surface area contributed by atoms with Crippen LogP contribution in [0.5, 0.6) is 5.75 Å². The Morgan fingerprint density at radius 1 is 0.962 bits per heavy atom. The van der Waals surface area contributed by atoms with Crippen molar-refractivity contribution in [3.63, 3.8) is 0 Å². The third-order valence-electron chi connectivity index (χ3n) is 4.23. The third-order valence-corrected chi connectivity index (χ3v) is 4.23. The number of para-hydroxylation sites is 1. The maximum atomic E-state index is 12.4. The van der Waals surface area contributed by atoms with Crippen LogP contribution in [0.3, 0.4) is 0 Å². The molecule has 1 aliphatic rings. The van der Waals surface area contributed by atoms with Gasteiger partial charge in [0, 0.05) is 0 Å². The van der Waals surface area contributed by atoms with Crippen molar-refractivity contribution < 1.29 is 23.9 Å². The molecule has 2 amide bonds. The van der Waals surface area contributed by atoms with Gasteiger partial charge in [0.15, 0.2) is 0 Å². The van der Waals surface area contributed by atoms with Gasteiger partial charge in [0.2, 0.25) is 0 Å². The van der Waals surface area contributed by atoms with Gasteiger partial charge in [0.1, 0.15) is 25.0 Å². The molecule has 26 heavy (non-hydrogen) atoms. The predicted molar refractivity (Wildman–Crippen MR) is 94.0 cm³/mol. The van der Waals surface area contributed by atoms with Crippen molar-refractivity contribution in [2.24, 2.45) is 0 Å². The summed E-state index contributed by atoms with van der Waals surface area (Å²) in [6.45, 7) is 3.62. The summed E-state index contributed by atoms with van der Waals surface area (Å²) in [5.74, 6) is -0.887. The summed E-state index contributed by atoms with van der Waals surface area (Å²) in [6, 6.07) is 13.0. The summed E-state index contributed by atoms with van der Waals surface area (Å²) in [4.78, 5) is 37.9. The van der Waals surface area contributed by atoms with Crippen LogP contribution >= 0.6 is 0 Å². The van der Waals surface area contributed by atoms with Gasteiger partial charge in [0.25, 0.3) is 11.8 Å². The van der Waals surface area contributed by atoms with Gasteiger partial charge in [-0.1, -0.05) is 30.3 Å². The van der Waals surface area contributed by atoms with Crippen LogP contribution in [0.1, 0.15) is 33.2 Å². The number of hydrogen-bond donors (Lipinski definition) is 0. The molecular weight excluding hydrogens is 334 g/mol. The Kier molecular flexibility index (Phi) is 5.02. The molecule has 0 N–H and O–H groups in total. The number of rotatable bonds is 6. The van der Waals surface area contributed by atoms with E-state index in [2.05, 4.69) is 0 Å². The molecule has 1 atom stereocenters. The lowest BCUT2D eigenvalue weighted by Crippen LogP contribution is -2.44. The van der Waals surface area contributed by atoms with Crippen molar-refractivity contribution in [1.82, 2.24) is 4.90 Å². The van der Waals surface area contributed by atoms with E-state index in [9.17, 15) is 14.4 Å². The van der Waals surface area contributed by atoms with E-state index < -0.39 is 23.8 Å². The first-order chi connectivity index (χ1) is 12.5. The second kappa shape index (κ2) is 7.39. The van der Waals surface area contributed by atoms with Crippen molar-refractivity contribution in [2.45, 2.75) is 19.9 Å². The molecule has 0 saturated heterocycles. The average molecular weight is 353 g/mol. The molecule has 2 aromatic carbocycles. The number of ether oxygens (including phenoxy) is 2. The van der Waals surface area contributed by atoms with Gasteiger partial charge < -0.3 is 9.47 Å². The minimum absolute atomic E-state index is 0.0284. The number of carbonyl (C=O) groups is 3. The Morgan fingerprint density at radius 3 is 2.15 bits per heavy atom. The zero-order valence-electron chi connectivity index (χ0n) is 14.6. The lowest BCUT2D eigenvalue weighted by atomic mass is 10.1. The van der Waals surface area contributed by atoms with Crippen molar-refractivity contribution in [1.29, 1.82) is 0 Å². The number of imide groups is 1. The molecule has 6 nitrogen and oxygen atoms in total. The van der Waals surface area contributed by atoms with E-state index in [0.717, 1.165) is 16.2 Å². The van der Waals surface area contributed by atoms with Crippen LogP contribution in [0.4, 0.5) is 0 Å². The van der Waals surface area contributed by atoms with Gasteiger partial charge in [-0.3, -0.25) is 14.5 Å². The van der Waals surface area contributed by atoms with Crippen LogP contribution in [-0.4, -0.2) is 41.9 Å². The fraction of sp³-hybridized carbons (Fsp3) is 0.250. The van der Waals surface area contributed by atoms with E-state index in [0.29, 0.717) is 11.1 Å². The van der Waals surface area contributed by atoms with Crippen LogP contribution in [0, 0.1) is 6.92 Å². The highest BCUT2D eigenvalue weighted by Gasteiger charge is 2.41. The quantitative estimate of drug-likeness (QED) is 0.453. The van der Waals surface area contributed by atoms with Gasteiger partial charge in [0.05, 0.1) is 11.1 Å². The minimum atomic E-state index is -0.999. The lowest BCUT2D eigenvalue weighted by Gasteiger charge is -2.21. The smallest absolute Gasteiger partial charge is 0.329 e. The monoisotopic (exact) mass is 353 g/mol. The van der Waals surface area contributed by atoms with Gasteiger partial charge in [-0.05, 0) is 37.6 Å². The van der Waals surface area contributed by atoms with Crippen LogP contribution < -0.4 is 4.74 Å². The number of aryl methyl sites for hydroxylation is 1. The van der Waals surface area contributed by atoms with Crippen LogP contribution in [-0.2, 0) is 9.53 Å². The molecule has 3 rings (SSSR count). The van der Waals surface area contributed by atoms with E-state index in [1.165, 1.54) is 6.92 Å². The summed E-state index contributed by atoms with van der Waals surface area (Å²) in [6.07, 6.45) is 0. The standard InChI is InChI=1S/C20H19NO5/c1-13-7-3-6-10-17(13)25-11-12-26-20(24)14(2)21-18(22)15-8-4-5-9-16(15)19(21)23/h3-10,14H,11-12H2,1-2H3/t14-/m0/s1. The SMILES string of the molecule is Cc1ccccc1OCCOC(=O)[C@H](C)N1C(=O)c2ccccc2C1=O. The molecule has 0 unspecified atom stereocenters. The molecule has 0 fully saturated rings. The molecule has 0 saturated carbocycles. The summed E-state index contributed by atoms with van der Waals surface area (Å²) >= 11 is 0. The third kappa shape index (κ3) is 3.31. The molecule has 134 valence electrons. The second-order valence-electron chi connectivity index (χ2n) is 5.98. The molecule has 6 heteroatoms. The van der Waals surface area contributed by atoms with Gasteiger partial charge in [-0.25, -0.2) is 4.79 Å². The average Bonchev–Trinajstić information content (AvgIpc) is 2.90. The molecule has 0 aliphatic carbocycles. The summed E-state index contributed by atoms with van der Waals surface area (Å²) in [5.41, 5.74) is 1.60. The highest BCUT2D eigenvalue weighted by atomic mass is 16.6. The minimum Gasteiger partial charge on any atom is -0.490 e. The maximum Gasteiger partial charge on any atom is 0.329 e. The molecule has 2 aromatic rings. The number of hydrogen-bond acceptors (Lipinski definition) is 5. The van der Waals surface area contributed by atoms with Crippen LogP contribution in [0.2, 0.25) is 0 Å². The normalized spacial score (nSPS) is 14.2. The number of benzene rings is 2. The van der Waals surface area contributed by atoms with Gasteiger partial charge >= 0.3 is 5.97 Å². The van der Waals surface area contributed by atoms with Gasteiger partial charge in [-0.2, -0.15) is 0 Å². The zero-order valence-corrected chi connectivity index (χ0v) is 14.6. The van der Waals surface area contributed by atoms with Gasteiger partial charge in [-0.15, -0.1) is 0 Å². The fourth-order valence-corrected chi connectivity index (χ4v) is 2.80. The molecule has 0 bridgehead atoms. The molecular formula is C20H19NO5. The fourth-order valence-electron chi connectivity index (χ4n) is 2.80. The second-order valence-corrected chi connectivity index (χ2v) is 5.98. The van der Waals surface area contributed by atoms with E-state index >= 15 is 0 Å². The summed E-state index contributed by atoms with van der Waals surface area (Å²) in [7, 11) is 0. The topological polar surface area (TPSA) is 72.9 Å². The Morgan fingerprint density at radius 2 is 1.54 bits per heavy atom. The number of amides is 2. The highest BCUT2D eigenvalue weighted by Crippen LogP contribution is 2.24. The number of carbonyl (C=O) groups excluding carboxylic acids is 3. The Balaban J connectivity index is 1.55. The van der Waals surface area contributed by atoms with Crippen molar-refractivity contribution >= 4 is 17.8 Å². The Bertz CT molecular complexity index is 826. The number of nitrogens with zero attached hydrogens (tertiary/aromatic N) is 1. The zero-order chi connectivity index (χ0) is 18.7. The largest absolute Gasteiger partial charge is 0.490 e. The van der Waals surface area contributed by atoms with Crippen molar-refractivity contribution in [3.05, 3.63) is 65.2 Å². The predicted octanol–water partition coefficient (Wildman–Crippen LogP) is 2.60. The number of esters is 1. The molecule has 0 radical (unpaired) electrons. The lowest BCUT2D eigenvalue weighted by molar-refractivity contribution is -0.148. The van der Waals surface area contributed by atoms with Crippen LogP contribution in [0.25, 0.3) is 0 Å².